The van der Waals surface area contributed by atoms with E-state index < -0.39 is 12.2 Å². The number of amides is 2. The van der Waals surface area contributed by atoms with Crippen molar-refractivity contribution in [2.24, 2.45) is 0 Å². The Balaban J connectivity index is 1.32. The van der Waals surface area contributed by atoms with Crippen LogP contribution in [0.25, 0.3) is 0 Å². The molecule has 9 heteroatoms. The van der Waals surface area contributed by atoms with E-state index in [9.17, 15) is 14.4 Å². The molecular weight excluding hydrogens is 462 g/mol. The Morgan fingerprint density at radius 2 is 1.06 bits per heavy atom. The van der Waals surface area contributed by atoms with Gasteiger partial charge in [-0.2, -0.15) is 0 Å². The van der Waals surface area contributed by atoms with Gasteiger partial charge in [-0.15, -0.1) is 0 Å². The van der Waals surface area contributed by atoms with Crippen LogP contribution in [0.2, 0.25) is 0 Å². The molecule has 33 heavy (non-hydrogen) atoms. The van der Waals surface area contributed by atoms with Crippen molar-refractivity contribution < 1.29 is 28.6 Å². The zero-order chi connectivity index (χ0) is 23.3. The first-order valence-electron chi connectivity index (χ1n) is 9.87. The summed E-state index contributed by atoms with van der Waals surface area (Å²) in [5, 5.41) is 1.62. The molecule has 0 saturated heterocycles. The highest BCUT2D eigenvalue weighted by Crippen LogP contribution is 2.32. The predicted molar refractivity (Wildman–Crippen MR) is 126 cm³/mol. The van der Waals surface area contributed by atoms with Gasteiger partial charge in [0.2, 0.25) is 0 Å². The zero-order valence-corrected chi connectivity index (χ0v) is 19.1. The fourth-order valence-corrected chi connectivity index (χ4v) is 3.98. The average molecular weight is 484 g/mol. The van der Waals surface area contributed by atoms with Gasteiger partial charge in [0, 0.05) is 15.7 Å². The number of hydrogen-bond acceptors (Lipinski definition) is 8. The van der Waals surface area contributed by atoms with E-state index in [4.69, 9.17) is 14.2 Å². The second kappa shape index (κ2) is 13.2. The molecule has 0 aliphatic rings. The first-order chi connectivity index (χ1) is 16.1. The molecule has 0 saturated carbocycles. The Bertz CT molecular complexity index is 1050. The predicted octanol–water partition coefficient (Wildman–Crippen LogP) is 6.33. The minimum absolute atomic E-state index is 0.0188. The average Bonchev–Trinajstić information content (AvgIpc) is 2.85. The van der Waals surface area contributed by atoms with Gasteiger partial charge in [-0.3, -0.25) is 0 Å². The van der Waals surface area contributed by atoms with E-state index in [1.54, 1.807) is 36.4 Å². The summed E-state index contributed by atoms with van der Waals surface area (Å²) in [5.74, 6) is 0. The number of benzene rings is 3. The summed E-state index contributed by atoms with van der Waals surface area (Å²) in [6.45, 7) is 0.261. The molecule has 3 rings (SSSR count). The van der Waals surface area contributed by atoms with Crippen LogP contribution in [-0.2, 0) is 34.0 Å². The summed E-state index contributed by atoms with van der Waals surface area (Å²) in [4.78, 5) is 36.1. The molecule has 0 radical (unpaired) electrons. The molecule has 0 bridgehead atoms. The number of rotatable bonds is 8. The lowest BCUT2D eigenvalue weighted by Gasteiger charge is -2.08. The topological polar surface area (TPSA) is 90.9 Å². The molecule has 0 atom stereocenters. The summed E-state index contributed by atoms with van der Waals surface area (Å²) < 4.78 is 15.2. The number of carbonyl (C=O) groups is 3. The Kier molecular flexibility index (Phi) is 9.68. The smallest absolute Gasteiger partial charge is 0.416 e. The van der Waals surface area contributed by atoms with Crippen LogP contribution in [-0.4, -0.2) is 17.5 Å². The summed E-state index contributed by atoms with van der Waals surface area (Å²) in [6.07, 6.45) is -1.78. The van der Waals surface area contributed by atoms with Crippen LogP contribution in [0.5, 0.6) is 0 Å². The van der Waals surface area contributed by atoms with E-state index in [1.165, 1.54) is 10.8 Å². The molecule has 0 fully saturated rings. The molecule has 1 N–H and O–H groups in total. The normalized spacial score (nSPS) is 10.2. The van der Waals surface area contributed by atoms with Crippen LogP contribution < -0.4 is 5.32 Å². The highest BCUT2D eigenvalue weighted by Gasteiger charge is 2.11. The molecule has 170 valence electrons. The monoisotopic (exact) mass is 483 g/mol. The van der Waals surface area contributed by atoms with Crippen molar-refractivity contribution in [1.82, 2.24) is 5.32 Å². The lowest BCUT2D eigenvalue weighted by Crippen LogP contribution is -2.31. The number of imide groups is 1. The zero-order valence-electron chi connectivity index (χ0n) is 17.5. The third-order valence-corrected chi connectivity index (χ3v) is 6.15. The molecule has 2 amide bonds. The van der Waals surface area contributed by atoms with Crippen molar-refractivity contribution >= 4 is 39.1 Å². The van der Waals surface area contributed by atoms with E-state index in [0.717, 1.165) is 32.4 Å². The van der Waals surface area contributed by atoms with Crippen LogP contribution in [0, 0.1) is 0 Å². The summed E-state index contributed by atoms with van der Waals surface area (Å²) in [5.41, 5.74) is 2.46. The fraction of sp³-hybridized carbons (Fsp3) is 0.125. The van der Waals surface area contributed by atoms with Crippen molar-refractivity contribution in [2.75, 3.05) is 0 Å². The minimum atomic E-state index is -0.900. The van der Waals surface area contributed by atoms with Crippen LogP contribution in [0.1, 0.15) is 16.7 Å². The van der Waals surface area contributed by atoms with Crippen LogP contribution >= 0.6 is 21.6 Å². The third kappa shape index (κ3) is 9.30. The third-order valence-electron chi connectivity index (χ3n) is 4.12. The first-order valence-corrected chi connectivity index (χ1v) is 12.0. The van der Waals surface area contributed by atoms with Gasteiger partial charge < -0.3 is 14.2 Å². The number of carbonyl (C=O) groups excluding carboxylic acids is 3. The SMILES string of the molecule is O=C(NC(=O)OCc1ccc(SSC(=O)OCc2ccccc2)cc1)OCc1ccccc1. The van der Waals surface area contributed by atoms with Crippen molar-refractivity contribution in [3.05, 3.63) is 102 Å². The van der Waals surface area contributed by atoms with Crippen LogP contribution in [0.3, 0.4) is 0 Å². The summed E-state index contributed by atoms with van der Waals surface area (Å²) in [7, 11) is 2.26. The highest BCUT2D eigenvalue weighted by atomic mass is 33.1. The molecular formula is C24H21NO6S2. The quantitative estimate of drug-likeness (QED) is 0.226. The number of hydrogen-bond donors (Lipinski definition) is 1. The molecule has 7 nitrogen and oxygen atoms in total. The Labute approximate surface area is 199 Å². The summed E-state index contributed by atoms with van der Waals surface area (Å²) >= 11 is 0. The van der Waals surface area contributed by atoms with Crippen molar-refractivity contribution in [3.63, 3.8) is 0 Å². The fourth-order valence-electron chi connectivity index (χ4n) is 2.49. The van der Waals surface area contributed by atoms with Gasteiger partial charge in [-0.1, -0.05) is 72.8 Å². The molecule has 0 aromatic heterocycles. The van der Waals surface area contributed by atoms with Gasteiger partial charge in [0.15, 0.2) is 0 Å². The van der Waals surface area contributed by atoms with Crippen molar-refractivity contribution in [3.8, 4) is 0 Å². The lowest BCUT2D eigenvalue weighted by atomic mass is 10.2. The molecule has 3 aromatic rings. The van der Waals surface area contributed by atoms with Crippen molar-refractivity contribution in [2.45, 2.75) is 24.7 Å². The number of ether oxygens (including phenoxy) is 3. The molecule has 0 spiro atoms. The van der Waals surface area contributed by atoms with Crippen LogP contribution in [0.15, 0.2) is 89.8 Å². The number of nitrogens with one attached hydrogen (secondary N) is 1. The molecule has 0 unspecified atom stereocenters. The molecule has 0 heterocycles. The van der Waals surface area contributed by atoms with Gasteiger partial charge in [0.05, 0.1) is 0 Å². The van der Waals surface area contributed by atoms with Crippen molar-refractivity contribution in [1.29, 1.82) is 0 Å². The maximum absolute atomic E-state index is 11.9. The Morgan fingerprint density at radius 3 is 1.58 bits per heavy atom. The van der Waals surface area contributed by atoms with E-state index in [-0.39, 0.29) is 25.1 Å². The summed E-state index contributed by atoms with van der Waals surface area (Å²) in [6, 6.07) is 25.7. The maximum atomic E-state index is 11.9. The van der Waals surface area contributed by atoms with E-state index >= 15 is 0 Å². The standard InChI is InChI=1S/C24H21NO6S2/c26-22(29-15-18-7-3-1-4-8-18)25-23(27)30-16-20-11-13-21(14-12-20)32-33-24(28)31-17-19-9-5-2-6-10-19/h1-14H,15-17H2,(H,25,26,27). The van der Waals surface area contributed by atoms with Gasteiger partial charge in [0.25, 0.3) is 0 Å². The minimum Gasteiger partial charge on any atom is -0.452 e. The van der Waals surface area contributed by atoms with Gasteiger partial charge in [-0.25, -0.2) is 19.7 Å². The Morgan fingerprint density at radius 1 is 0.606 bits per heavy atom. The highest BCUT2D eigenvalue weighted by molar-refractivity contribution is 8.82. The van der Waals surface area contributed by atoms with Crippen LogP contribution in [0.4, 0.5) is 14.4 Å². The Hall–Kier alpha value is -3.43. The molecule has 0 aliphatic heterocycles. The first kappa shape index (κ1) is 24.2. The largest absolute Gasteiger partial charge is 0.452 e. The maximum Gasteiger partial charge on any atom is 0.416 e. The van der Waals surface area contributed by atoms with Gasteiger partial charge >= 0.3 is 17.5 Å². The second-order valence-electron chi connectivity index (χ2n) is 6.60. The van der Waals surface area contributed by atoms with E-state index in [0.29, 0.717) is 0 Å². The molecule has 0 aliphatic carbocycles. The number of alkyl carbamates (subject to hydrolysis) is 2. The molecule has 3 aromatic carbocycles. The van der Waals surface area contributed by atoms with E-state index in [2.05, 4.69) is 0 Å². The van der Waals surface area contributed by atoms with Gasteiger partial charge in [0.1, 0.15) is 19.8 Å². The lowest BCUT2D eigenvalue weighted by molar-refractivity contribution is 0.117. The van der Waals surface area contributed by atoms with E-state index in [1.807, 2.05) is 53.8 Å². The van der Waals surface area contributed by atoms with Gasteiger partial charge in [-0.05, 0) is 39.6 Å². The second-order valence-corrected chi connectivity index (χ2v) is 8.74.